The van der Waals surface area contributed by atoms with Gasteiger partial charge in [0, 0.05) is 34.5 Å². The van der Waals surface area contributed by atoms with Crippen molar-refractivity contribution in [3.63, 3.8) is 0 Å². The van der Waals surface area contributed by atoms with E-state index >= 15 is 0 Å². The van der Waals surface area contributed by atoms with Gasteiger partial charge >= 0.3 is 11.6 Å². The molecule has 29 heavy (non-hydrogen) atoms. The fourth-order valence-electron chi connectivity index (χ4n) is 3.17. The van der Waals surface area contributed by atoms with E-state index in [1.54, 1.807) is 11.0 Å². The van der Waals surface area contributed by atoms with E-state index in [-0.39, 0.29) is 36.8 Å². The van der Waals surface area contributed by atoms with Crippen molar-refractivity contribution in [1.29, 1.82) is 0 Å². The van der Waals surface area contributed by atoms with Crippen molar-refractivity contribution in [2.24, 2.45) is 0 Å². The second-order valence-corrected chi connectivity index (χ2v) is 7.50. The molecule has 1 N–H and O–H groups in total. The van der Waals surface area contributed by atoms with E-state index in [1.165, 1.54) is 30.0 Å². The van der Waals surface area contributed by atoms with E-state index in [2.05, 4.69) is 0 Å². The zero-order valence-electron chi connectivity index (χ0n) is 15.3. The van der Waals surface area contributed by atoms with Crippen molar-refractivity contribution in [2.75, 3.05) is 17.2 Å². The fraction of sp³-hybridized carbons (Fsp3) is 0.190. The first kappa shape index (κ1) is 19.1. The van der Waals surface area contributed by atoms with Crippen LogP contribution in [-0.4, -0.2) is 29.3 Å². The van der Waals surface area contributed by atoms with Crippen LogP contribution < -0.4 is 10.5 Å². The minimum Gasteiger partial charge on any atom is -0.508 e. The maximum atomic E-state index is 12.2. The normalized spacial score (nSPS) is 13.4. The van der Waals surface area contributed by atoms with Crippen molar-refractivity contribution in [2.45, 2.75) is 17.9 Å². The van der Waals surface area contributed by atoms with Crippen LogP contribution in [0.4, 0.5) is 5.69 Å². The zero-order chi connectivity index (χ0) is 20.4. The average molecular weight is 411 g/mol. The van der Waals surface area contributed by atoms with E-state index in [1.807, 2.05) is 24.3 Å². The Balaban J connectivity index is 1.42. The average Bonchev–Trinajstić information content (AvgIpc) is 2.70. The number of hydrogen-bond donors (Lipinski definition) is 1. The van der Waals surface area contributed by atoms with Crippen molar-refractivity contribution in [1.82, 2.24) is 0 Å². The highest BCUT2D eigenvalue weighted by Gasteiger charge is 2.24. The predicted octanol–water partition coefficient (Wildman–Crippen LogP) is 3.07. The molecular weight excluding hydrogens is 394 g/mol. The van der Waals surface area contributed by atoms with Crippen LogP contribution in [0.3, 0.4) is 0 Å². The van der Waals surface area contributed by atoms with Gasteiger partial charge in [0.15, 0.2) is 0 Å². The number of phenols is 1. The maximum absolute atomic E-state index is 12.2. The van der Waals surface area contributed by atoms with E-state index in [4.69, 9.17) is 9.15 Å². The molecular formula is C21H17NO6S. The van der Waals surface area contributed by atoms with Crippen LogP contribution in [0.1, 0.15) is 12.0 Å². The Morgan fingerprint density at radius 3 is 2.86 bits per heavy atom. The lowest BCUT2D eigenvalue weighted by atomic mass is 10.1. The summed E-state index contributed by atoms with van der Waals surface area (Å²) in [6.45, 7) is 0.118. The molecule has 1 aliphatic rings. The lowest BCUT2D eigenvalue weighted by Gasteiger charge is -2.28. The number of aromatic hydroxyl groups is 1. The summed E-state index contributed by atoms with van der Waals surface area (Å²) < 4.78 is 10.4. The summed E-state index contributed by atoms with van der Waals surface area (Å²) >= 11 is 1.48. The van der Waals surface area contributed by atoms with Crippen LogP contribution in [0.5, 0.6) is 5.75 Å². The van der Waals surface area contributed by atoms with Gasteiger partial charge in [0.05, 0.1) is 17.9 Å². The predicted molar refractivity (Wildman–Crippen MR) is 108 cm³/mol. The molecule has 0 unspecified atom stereocenters. The molecule has 1 amide bonds. The first-order chi connectivity index (χ1) is 14.0. The molecule has 0 radical (unpaired) electrons. The number of nitrogens with zero attached hydrogens (tertiary/aromatic N) is 1. The lowest BCUT2D eigenvalue weighted by molar-refractivity contribution is -0.144. The molecule has 3 aromatic rings. The standard InChI is InChI=1S/C21H17NO6S/c23-14-5-6-15-13(9-21(26)28-17(15)10-14)11-27-20(25)7-8-22-16-3-1-2-4-18(16)29-12-19(22)24/h1-6,9-10,23H,7-8,11-12H2. The fourth-order valence-corrected chi connectivity index (χ4v) is 4.11. The second-order valence-electron chi connectivity index (χ2n) is 6.48. The summed E-state index contributed by atoms with van der Waals surface area (Å²) in [5.41, 5.74) is 0.909. The van der Waals surface area contributed by atoms with Crippen molar-refractivity contribution in [3.05, 3.63) is 64.5 Å². The zero-order valence-corrected chi connectivity index (χ0v) is 16.1. The van der Waals surface area contributed by atoms with Gasteiger partial charge in [-0.15, -0.1) is 11.8 Å². The van der Waals surface area contributed by atoms with Gasteiger partial charge in [-0.2, -0.15) is 0 Å². The van der Waals surface area contributed by atoms with Crippen LogP contribution in [-0.2, 0) is 20.9 Å². The molecule has 2 aromatic carbocycles. The summed E-state index contributed by atoms with van der Waals surface area (Å²) in [5.74, 6) is -0.217. The Labute approximate surface area is 169 Å². The molecule has 0 fully saturated rings. The Hall–Kier alpha value is -3.26. The molecule has 148 valence electrons. The van der Waals surface area contributed by atoms with Gasteiger partial charge in [-0.05, 0) is 24.3 Å². The van der Waals surface area contributed by atoms with Gasteiger partial charge in [-0.1, -0.05) is 12.1 Å². The minimum atomic E-state index is -0.595. The molecule has 0 bridgehead atoms. The molecule has 0 atom stereocenters. The molecule has 0 saturated carbocycles. The van der Waals surface area contributed by atoms with E-state index in [0.29, 0.717) is 16.7 Å². The first-order valence-electron chi connectivity index (χ1n) is 8.95. The van der Waals surface area contributed by atoms with Gasteiger partial charge < -0.3 is 19.2 Å². The quantitative estimate of drug-likeness (QED) is 0.509. The van der Waals surface area contributed by atoms with Gasteiger partial charge in [0.2, 0.25) is 5.91 Å². The molecule has 4 rings (SSSR count). The Kier molecular flexibility index (Phi) is 5.26. The van der Waals surface area contributed by atoms with Crippen molar-refractivity contribution < 1.29 is 23.8 Å². The number of anilines is 1. The summed E-state index contributed by atoms with van der Waals surface area (Å²) in [5, 5.41) is 10.1. The van der Waals surface area contributed by atoms with Crippen LogP contribution in [0.2, 0.25) is 0 Å². The number of rotatable bonds is 5. The Bertz CT molecular complexity index is 1160. The van der Waals surface area contributed by atoms with Crippen LogP contribution in [0.15, 0.2) is 62.6 Å². The Morgan fingerprint density at radius 2 is 2.00 bits per heavy atom. The summed E-state index contributed by atoms with van der Waals surface area (Å²) in [6, 6.07) is 13.2. The van der Waals surface area contributed by atoms with E-state index in [0.717, 1.165) is 10.6 Å². The number of benzene rings is 2. The maximum Gasteiger partial charge on any atom is 0.336 e. The molecule has 7 nitrogen and oxygen atoms in total. The number of para-hydroxylation sites is 1. The monoisotopic (exact) mass is 411 g/mol. The lowest BCUT2D eigenvalue weighted by Crippen LogP contribution is -2.37. The number of carbonyl (C=O) groups excluding carboxylic acids is 2. The Morgan fingerprint density at radius 1 is 1.17 bits per heavy atom. The number of phenolic OH excluding ortho intramolecular Hbond substituents is 1. The van der Waals surface area contributed by atoms with Crippen LogP contribution in [0.25, 0.3) is 11.0 Å². The van der Waals surface area contributed by atoms with Gasteiger partial charge in [-0.25, -0.2) is 4.79 Å². The smallest absolute Gasteiger partial charge is 0.336 e. The third-order valence-electron chi connectivity index (χ3n) is 4.55. The third-order valence-corrected chi connectivity index (χ3v) is 5.60. The molecule has 0 aliphatic carbocycles. The van der Waals surface area contributed by atoms with Gasteiger partial charge in [-0.3, -0.25) is 9.59 Å². The molecule has 1 aromatic heterocycles. The summed E-state index contributed by atoms with van der Waals surface area (Å²) in [4.78, 5) is 38.8. The summed E-state index contributed by atoms with van der Waals surface area (Å²) in [7, 11) is 0. The van der Waals surface area contributed by atoms with E-state index in [9.17, 15) is 19.5 Å². The highest BCUT2D eigenvalue weighted by molar-refractivity contribution is 8.00. The molecule has 8 heteroatoms. The van der Waals surface area contributed by atoms with Gasteiger partial charge in [0.1, 0.15) is 17.9 Å². The molecule has 0 spiro atoms. The number of ether oxygens (including phenoxy) is 1. The highest BCUT2D eigenvalue weighted by Crippen LogP contribution is 2.34. The number of hydrogen-bond acceptors (Lipinski definition) is 7. The SMILES string of the molecule is O=C(CCN1C(=O)CSc2ccccc21)OCc1cc(=O)oc2cc(O)ccc12. The van der Waals surface area contributed by atoms with Crippen LogP contribution >= 0.6 is 11.8 Å². The van der Waals surface area contributed by atoms with Gasteiger partial charge in [0.25, 0.3) is 0 Å². The number of thioether (sulfide) groups is 1. The number of carbonyl (C=O) groups is 2. The highest BCUT2D eigenvalue weighted by atomic mass is 32.2. The molecule has 0 saturated heterocycles. The van der Waals surface area contributed by atoms with Crippen LogP contribution in [0, 0.1) is 0 Å². The second kappa shape index (κ2) is 8.00. The minimum absolute atomic E-state index is 0.0283. The molecule has 2 heterocycles. The summed E-state index contributed by atoms with van der Waals surface area (Å²) in [6.07, 6.45) is 0.0326. The number of amides is 1. The first-order valence-corrected chi connectivity index (χ1v) is 9.93. The number of fused-ring (bicyclic) bond motifs is 2. The topological polar surface area (TPSA) is 97.0 Å². The van der Waals surface area contributed by atoms with Crippen molar-refractivity contribution in [3.8, 4) is 5.75 Å². The number of esters is 1. The molecule has 1 aliphatic heterocycles. The third kappa shape index (κ3) is 4.12. The van der Waals surface area contributed by atoms with E-state index < -0.39 is 11.6 Å². The van der Waals surface area contributed by atoms with Crippen molar-refractivity contribution >= 4 is 40.3 Å². The largest absolute Gasteiger partial charge is 0.508 e.